The summed E-state index contributed by atoms with van der Waals surface area (Å²) in [5, 5.41) is 3.06. The molecule has 1 aliphatic carbocycles. The van der Waals surface area contributed by atoms with Gasteiger partial charge in [0.25, 0.3) is 5.91 Å². The quantitative estimate of drug-likeness (QED) is 0.577. The number of allylic oxidation sites excluding steroid dienone is 2. The van der Waals surface area contributed by atoms with E-state index in [4.69, 9.17) is 18.0 Å². The smallest absolute Gasteiger partial charge is 0.251 e. The third-order valence-corrected chi connectivity index (χ3v) is 5.28. The van der Waals surface area contributed by atoms with Gasteiger partial charge in [-0.1, -0.05) is 56.8 Å². The van der Waals surface area contributed by atoms with Gasteiger partial charge in [0.1, 0.15) is 4.99 Å². The van der Waals surface area contributed by atoms with Crippen LogP contribution in [0, 0.1) is 11.3 Å². The third-order valence-electron chi connectivity index (χ3n) is 5.04. The Morgan fingerprint density at radius 3 is 2.60 bits per heavy atom. The van der Waals surface area contributed by atoms with Crippen LogP contribution in [0.25, 0.3) is 0 Å². The van der Waals surface area contributed by atoms with Crippen LogP contribution in [0.1, 0.15) is 68.8 Å². The Balaban J connectivity index is 1.89. The molecule has 1 amide bonds. The van der Waals surface area contributed by atoms with Crippen molar-refractivity contribution in [2.24, 2.45) is 17.1 Å². The molecule has 0 heterocycles. The maximum Gasteiger partial charge on any atom is 0.251 e. The van der Waals surface area contributed by atoms with Crippen LogP contribution in [0.5, 0.6) is 0 Å². The molecule has 1 saturated carbocycles. The minimum atomic E-state index is -0.0359. The largest absolute Gasteiger partial charge is 0.389 e. The zero-order valence-corrected chi connectivity index (χ0v) is 16.4. The van der Waals surface area contributed by atoms with E-state index in [9.17, 15) is 4.79 Å². The van der Waals surface area contributed by atoms with Gasteiger partial charge in [-0.3, -0.25) is 4.79 Å². The van der Waals surface area contributed by atoms with Crippen molar-refractivity contribution in [1.82, 2.24) is 5.32 Å². The van der Waals surface area contributed by atoms with Gasteiger partial charge in [0.15, 0.2) is 0 Å². The van der Waals surface area contributed by atoms with Crippen LogP contribution in [-0.4, -0.2) is 17.4 Å². The lowest BCUT2D eigenvalue weighted by molar-refractivity contribution is 0.0943. The zero-order valence-electron chi connectivity index (χ0n) is 15.6. The molecule has 2 rings (SSSR count). The molecular weight excluding hydrogens is 328 g/mol. The van der Waals surface area contributed by atoms with Crippen molar-refractivity contribution < 1.29 is 4.79 Å². The molecule has 0 aliphatic heterocycles. The highest BCUT2D eigenvalue weighted by molar-refractivity contribution is 7.80. The summed E-state index contributed by atoms with van der Waals surface area (Å²) < 4.78 is 0. The lowest BCUT2D eigenvalue weighted by atomic mass is 9.67. The van der Waals surface area contributed by atoms with Crippen molar-refractivity contribution in [1.29, 1.82) is 0 Å². The normalized spacial score (nSPS) is 24.9. The summed E-state index contributed by atoms with van der Waals surface area (Å²) in [5.41, 5.74) is 8.88. The van der Waals surface area contributed by atoms with Gasteiger partial charge in [0.05, 0.1) is 0 Å². The molecule has 1 aliphatic rings. The average molecular weight is 359 g/mol. The number of nitrogens with one attached hydrogen (secondary N) is 1. The zero-order chi connectivity index (χ0) is 18.4. The second kappa shape index (κ2) is 8.61. The molecular formula is C21H30N2OS. The minimum absolute atomic E-state index is 0.0359. The summed E-state index contributed by atoms with van der Waals surface area (Å²) >= 11 is 4.94. The first-order valence-corrected chi connectivity index (χ1v) is 9.60. The van der Waals surface area contributed by atoms with Gasteiger partial charge in [-0.05, 0) is 55.6 Å². The lowest BCUT2D eigenvalue weighted by Crippen LogP contribution is -2.32. The van der Waals surface area contributed by atoms with Gasteiger partial charge in [-0.15, -0.1) is 0 Å². The van der Waals surface area contributed by atoms with Crippen LogP contribution < -0.4 is 11.1 Å². The standard InChI is InChI=1S/C21H30N2OS/c1-4-5-16-12-15(2)13-21(3,14-16)10-11-23-20(24)18-8-6-17(7-9-18)19(22)25/h5-9,15H,4,10-14H2,1-3H3,(H2,22,25)(H,23,24). The van der Waals surface area contributed by atoms with Crippen molar-refractivity contribution in [2.45, 2.75) is 52.9 Å². The number of carbonyl (C=O) groups is 1. The minimum Gasteiger partial charge on any atom is -0.389 e. The Morgan fingerprint density at radius 1 is 1.36 bits per heavy atom. The third kappa shape index (κ3) is 5.67. The number of rotatable bonds is 6. The number of nitrogens with two attached hydrogens (primary N) is 1. The van der Waals surface area contributed by atoms with Crippen molar-refractivity contribution in [3.05, 3.63) is 47.0 Å². The molecule has 0 spiro atoms. The van der Waals surface area contributed by atoms with E-state index in [1.807, 2.05) is 0 Å². The average Bonchev–Trinajstić information content (AvgIpc) is 2.54. The molecule has 2 atom stereocenters. The molecule has 25 heavy (non-hydrogen) atoms. The molecule has 2 unspecified atom stereocenters. The van der Waals surface area contributed by atoms with Gasteiger partial charge in [-0.2, -0.15) is 0 Å². The van der Waals surface area contributed by atoms with E-state index in [1.165, 1.54) is 12.8 Å². The Hall–Kier alpha value is -1.68. The monoisotopic (exact) mass is 358 g/mol. The first-order chi connectivity index (χ1) is 11.8. The second-order valence-electron chi connectivity index (χ2n) is 7.72. The maximum absolute atomic E-state index is 12.3. The van der Waals surface area contributed by atoms with Crippen molar-refractivity contribution in [3.8, 4) is 0 Å². The van der Waals surface area contributed by atoms with E-state index in [0.29, 0.717) is 17.1 Å². The van der Waals surface area contributed by atoms with Gasteiger partial charge < -0.3 is 11.1 Å². The predicted molar refractivity (Wildman–Crippen MR) is 109 cm³/mol. The number of hydrogen-bond donors (Lipinski definition) is 2. The second-order valence-corrected chi connectivity index (χ2v) is 8.16. The number of carbonyl (C=O) groups excluding carboxylic acids is 1. The molecule has 1 aromatic carbocycles. The van der Waals surface area contributed by atoms with E-state index in [-0.39, 0.29) is 11.3 Å². The number of amides is 1. The topological polar surface area (TPSA) is 55.1 Å². The fourth-order valence-corrected chi connectivity index (χ4v) is 4.19. The molecule has 0 radical (unpaired) electrons. The molecule has 0 saturated heterocycles. The molecule has 1 aromatic rings. The molecule has 136 valence electrons. The summed E-state index contributed by atoms with van der Waals surface area (Å²) in [4.78, 5) is 12.7. The Morgan fingerprint density at radius 2 is 2.00 bits per heavy atom. The van der Waals surface area contributed by atoms with Gasteiger partial charge in [0, 0.05) is 17.7 Å². The van der Waals surface area contributed by atoms with Crippen molar-refractivity contribution in [2.75, 3.05) is 6.54 Å². The molecule has 0 bridgehead atoms. The van der Waals surface area contributed by atoms with Gasteiger partial charge in [-0.25, -0.2) is 0 Å². The molecule has 4 heteroatoms. The van der Waals surface area contributed by atoms with E-state index >= 15 is 0 Å². The Kier molecular flexibility index (Phi) is 6.77. The highest BCUT2D eigenvalue weighted by atomic mass is 32.1. The van der Waals surface area contributed by atoms with Crippen molar-refractivity contribution in [3.63, 3.8) is 0 Å². The fourth-order valence-electron chi connectivity index (χ4n) is 4.05. The van der Waals surface area contributed by atoms with E-state index in [1.54, 1.807) is 29.8 Å². The Labute approximate surface area is 157 Å². The summed E-state index contributed by atoms with van der Waals surface area (Å²) in [6, 6.07) is 7.14. The SMILES string of the molecule is CCC=C1CC(C)CC(C)(CCNC(=O)c2ccc(C(N)=S)cc2)C1. The number of thiocarbonyl (C=S) groups is 1. The highest BCUT2D eigenvalue weighted by Crippen LogP contribution is 2.44. The van der Waals surface area contributed by atoms with Crippen LogP contribution in [0.15, 0.2) is 35.9 Å². The fraction of sp³-hybridized carbons (Fsp3) is 0.524. The van der Waals surface area contributed by atoms with E-state index in [2.05, 4.69) is 32.2 Å². The number of benzene rings is 1. The molecule has 0 aromatic heterocycles. The summed E-state index contributed by atoms with van der Waals surface area (Å²) in [6.07, 6.45) is 8.11. The highest BCUT2D eigenvalue weighted by Gasteiger charge is 2.32. The molecule has 3 N–H and O–H groups in total. The maximum atomic E-state index is 12.3. The Bertz CT molecular complexity index is 650. The van der Waals surface area contributed by atoms with Crippen LogP contribution >= 0.6 is 12.2 Å². The summed E-state index contributed by atoms with van der Waals surface area (Å²) in [6.45, 7) is 7.60. The lowest BCUT2D eigenvalue weighted by Gasteiger charge is -2.39. The van der Waals surface area contributed by atoms with Crippen molar-refractivity contribution >= 4 is 23.1 Å². The molecule has 1 fully saturated rings. The van der Waals surface area contributed by atoms with Gasteiger partial charge in [0.2, 0.25) is 0 Å². The summed E-state index contributed by atoms with van der Waals surface area (Å²) in [5.74, 6) is 0.686. The van der Waals surface area contributed by atoms with E-state index < -0.39 is 0 Å². The van der Waals surface area contributed by atoms with Gasteiger partial charge >= 0.3 is 0 Å². The van der Waals surface area contributed by atoms with Crippen LogP contribution in [-0.2, 0) is 0 Å². The predicted octanol–water partition coefficient (Wildman–Crippen LogP) is 4.60. The van der Waals surface area contributed by atoms with Crippen LogP contribution in [0.4, 0.5) is 0 Å². The first kappa shape index (κ1) is 19.6. The van der Waals surface area contributed by atoms with Crippen LogP contribution in [0.3, 0.4) is 0 Å². The van der Waals surface area contributed by atoms with Crippen LogP contribution in [0.2, 0.25) is 0 Å². The van der Waals surface area contributed by atoms with E-state index in [0.717, 1.165) is 30.7 Å². The number of hydrogen-bond acceptors (Lipinski definition) is 2. The molecule has 3 nitrogen and oxygen atoms in total. The first-order valence-electron chi connectivity index (χ1n) is 9.19. The summed E-state index contributed by atoms with van der Waals surface area (Å²) in [7, 11) is 0.